The van der Waals surface area contributed by atoms with Crippen molar-refractivity contribution in [3.63, 3.8) is 0 Å². The van der Waals surface area contributed by atoms with Gasteiger partial charge in [-0.3, -0.25) is 4.79 Å². The molecule has 0 aliphatic heterocycles. The zero-order chi connectivity index (χ0) is 15.6. The third-order valence-corrected chi connectivity index (χ3v) is 3.82. The van der Waals surface area contributed by atoms with Gasteiger partial charge in [0.1, 0.15) is 5.69 Å². The van der Waals surface area contributed by atoms with Gasteiger partial charge >= 0.3 is 0 Å². The molecule has 22 heavy (non-hydrogen) atoms. The molecule has 1 amide bonds. The maximum atomic E-state index is 12.1. The number of allylic oxidation sites excluding steroid dienone is 1. The number of amides is 1. The number of rotatable bonds is 8. The van der Waals surface area contributed by atoms with Crippen molar-refractivity contribution in [3.05, 3.63) is 29.6 Å². The summed E-state index contributed by atoms with van der Waals surface area (Å²) in [5.41, 5.74) is 1.89. The predicted molar refractivity (Wildman–Crippen MR) is 88.9 cm³/mol. The minimum absolute atomic E-state index is 0.127. The molecule has 0 atom stereocenters. The first kappa shape index (κ1) is 16.5. The summed E-state index contributed by atoms with van der Waals surface area (Å²) in [5, 5.41) is 6.08. The average molecular weight is 302 g/mol. The van der Waals surface area contributed by atoms with Gasteiger partial charge < -0.3 is 10.6 Å². The zero-order valence-electron chi connectivity index (χ0n) is 13.4. The topological polar surface area (TPSA) is 66.9 Å². The summed E-state index contributed by atoms with van der Waals surface area (Å²) in [6.07, 6.45) is 12.0. The molecule has 0 saturated heterocycles. The van der Waals surface area contributed by atoms with Crippen LogP contribution in [0.5, 0.6) is 0 Å². The highest BCUT2D eigenvalue weighted by Gasteiger charge is 2.09. The van der Waals surface area contributed by atoms with Crippen molar-refractivity contribution in [3.8, 4) is 0 Å². The van der Waals surface area contributed by atoms with E-state index in [1.54, 1.807) is 12.3 Å². The van der Waals surface area contributed by atoms with Gasteiger partial charge in [0, 0.05) is 19.3 Å². The molecule has 1 aliphatic carbocycles. The Labute approximate surface area is 132 Å². The van der Waals surface area contributed by atoms with Crippen LogP contribution in [0.2, 0.25) is 0 Å². The van der Waals surface area contributed by atoms with E-state index in [2.05, 4.69) is 33.6 Å². The van der Waals surface area contributed by atoms with Gasteiger partial charge in [0.25, 0.3) is 5.91 Å². The lowest BCUT2D eigenvalue weighted by Gasteiger charge is -2.13. The van der Waals surface area contributed by atoms with Crippen LogP contribution in [0.25, 0.3) is 0 Å². The van der Waals surface area contributed by atoms with Crippen LogP contribution in [0.15, 0.2) is 23.9 Å². The van der Waals surface area contributed by atoms with E-state index in [1.165, 1.54) is 31.3 Å². The van der Waals surface area contributed by atoms with Gasteiger partial charge in [-0.2, -0.15) is 0 Å². The first-order valence-corrected chi connectivity index (χ1v) is 8.32. The highest BCUT2D eigenvalue weighted by Crippen LogP contribution is 2.19. The fourth-order valence-corrected chi connectivity index (χ4v) is 2.51. The molecule has 0 fully saturated rings. The third kappa shape index (κ3) is 5.47. The van der Waals surface area contributed by atoms with Crippen LogP contribution in [0, 0.1) is 0 Å². The lowest BCUT2D eigenvalue weighted by Crippen LogP contribution is -2.26. The fourth-order valence-electron chi connectivity index (χ4n) is 2.51. The van der Waals surface area contributed by atoms with Gasteiger partial charge in [0.05, 0.1) is 0 Å². The summed E-state index contributed by atoms with van der Waals surface area (Å²) in [7, 11) is 0. The summed E-state index contributed by atoms with van der Waals surface area (Å²) in [6, 6.07) is 1.65. The van der Waals surface area contributed by atoms with Crippen molar-refractivity contribution in [2.45, 2.75) is 51.9 Å². The Balaban J connectivity index is 1.78. The first-order chi connectivity index (χ1) is 10.8. The number of carbonyl (C=O) groups is 1. The Kier molecular flexibility index (Phi) is 6.87. The number of anilines is 1. The van der Waals surface area contributed by atoms with Crippen LogP contribution >= 0.6 is 0 Å². The Hall–Kier alpha value is -1.91. The Morgan fingerprint density at radius 3 is 3.00 bits per heavy atom. The lowest BCUT2D eigenvalue weighted by atomic mass is 9.97. The number of nitrogens with one attached hydrogen (secondary N) is 2. The molecule has 0 saturated carbocycles. The molecule has 1 aliphatic rings. The second-order valence-corrected chi connectivity index (χ2v) is 5.66. The molecule has 2 rings (SSSR count). The average Bonchev–Trinajstić information content (AvgIpc) is 2.56. The van der Waals surface area contributed by atoms with E-state index in [4.69, 9.17) is 0 Å². The molecule has 5 heteroatoms. The third-order valence-electron chi connectivity index (χ3n) is 3.82. The molecule has 1 aromatic rings. The van der Waals surface area contributed by atoms with Gasteiger partial charge in [0.15, 0.2) is 0 Å². The summed E-state index contributed by atoms with van der Waals surface area (Å²) in [5.74, 6) is 0.397. The van der Waals surface area contributed by atoms with Crippen LogP contribution in [-0.4, -0.2) is 29.0 Å². The minimum Gasteiger partial charge on any atom is -0.354 e. The highest BCUT2D eigenvalue weighted by atomic mass is 16.1. The van der Waals surface area contributed by atoms with E-state index in [-0.39, 0.29) is 5.91 Å². The van der Waals surface area contributed by atoms with Crippen LogP contribution in [0.3, 0.4) is 0 Å². The maximum absolute atomic E-state index is 12.1. The fraction of sp³-hybridized carbons (Fsp3) is 0.588. The van der Waals surface area contributed by atoms with Crippen molar-refractivity contribution >= 4 is 11.9 Å². The van der Waals surface area contributed by atoms with E-state index in [0.717, 1.165) is 25.8 Å². The molecule has 0 spiro atoms. The first-order valence-electron chi connectivity index (χ1n) is 8.32. The highest BCUT2D eigenvalue weighted by molar-refractivity contribution is 5.92. The van der Waals surface area contributed by atoms with Crippen molar-refractivity contribution in [2.24, 2.45) is 0 Å². The van der Waals surface area contributed by atoms with Gasteiger partial charge in [-0.05, 0) is 44.6 Å². The SMILES string of the molecule is CCCCNc1nccc(C(=O)NCCC2=CCCCC2)n1. The number of carbonyl (C=O) groups excluding carboxylic acids is 1. The molecule has 1 aromatic heterocycles. The minimum atomic E-state index is -0.127. The monoisotopic (exact) mass is 302 g/mol. The summed E-state index contributed by atoms with van der Waals surface area (Å²) < 4.78 is 0. The Morgan fingerprint density at radius 1 is 1.32 bits per heavy atom. The Bertz CT molecular complexity index is 513. The van der Waals surface area contributed by atoms with Crippen molar-refractivity contribution in [1.29, 1.82) is 0 Å². The van der Waals surface area contributed by atoms with Gasteiger partial charge in [-0.15, -0.1) is 0 Å². The van der Waals surface area contributed by atoms with Crippen molar-refractivity contribution in [1.82, 2.24) is 15.3 Å². The van der Waals surface area contributed by atoms with Crippen molar-refractivity contribution in [2.75, 3.05) is 18.4 Å². The van der Waals surface area contributed by atoms with Gasteiger partial charge in [0.2, 0.25) is 5.95 Å². The largest absolute Gasteiger partial charge is 0.354 e. The summed E-state index contributed by atoms with van der Waals surface area (Å²) >= 11 is 0. The number of unbranched alkanes of at least 4 members (excludes halogenated alkanes) is 1. The Morgan fingerprint density at radius 2 is 2.23 bits per heavy atom. The lowest BCUT2D eigenvalue weighted by molar-refractivity contribution is 0.0949. The molecule has 0 bridgehead atoms. The van der Waals surface area contributed by atoms with E-state index >= 15 is 0 Å². The molecule has 0 radical (unpaired) electrons. The summed E-state index contributed by atoms with van der Waals surface area (Å²) in [4.78, 5) is 20.5. The molecule has 1 heterocycles. The molecule has 2 N–H and O–H groups in total. The standard InChI is InChI=1S/C17H26N4O/c1-2-3-11-19-17-20-13-10-15(21-17)16(22)18-12-9-14-7-5-4-6-8-14/h7,10,13H,2-6,8-9,11-12H2,1H3,(H,18,22)(H,19,20,21). The molecular weight excluding hydrogens is 276 g/mol. The molecule has 5 nitrogen and oxygen atoms in total. The van der Waals surface area contributed by atoms with E-state index in [0.29, 0.717) is 18.2 Å². The van der Waals surface area contributed by atoms with E-state index in [9.17, 15) is 4.79 Å². The van der Waals surface area contributed by atoms with E-state index < -0.39 is 0 Å². The molecule has 120 valence electrons. The molecule has 0 unspecified atom stereocenters. The van der Waals surface area contributed by atoms with Crippen LogP contribution in [0.4, 0.5) is 5.95 Å². The normalized spacial score (nSPS) is 14.3. The number of aromatic nitrogens is 2. The number of nitrogens with zero attached hydrogens (tertiary/aromatic N) is 2. The quantitative estimate of drug-likeness (QED) is 0.571. The summed E-state index contributed by atoms with van der Waals surface area (Å²) in [6.45, 7) is 3.64. The van der Waals surface area contributed by atoms with E-state index in [1.807, 2.05) is 0 Å². The van der Waals surface area contributed by atoms with Crippen LogP contribution in [0.1, 0.15) is 62.4 Å². The smallest absolute Gasteiger partial charge is 0.270 e. The van der Waals surface area contributed by atoms with Gasteiger partial charge in [-0.1, -0.05) is 25.0 Å². The number of hydrogen-bond donors (Lipinski definition) is 2. The van der Waals surface area contributed by atoms with Crippen LogP contribution < -0.4 is 10.6 Å². The van der Waals surface area contributed by atoms with Crippen LogP contribution in [-0.2, 0) is 0 Å². The molecular formula is C17H26N4O. The second kappa shape index (κ2) is 9.18. The zero-order valence-corrected chi connectivity index (χ0v) is 13.4. The predicted octanol–water partition coefficient (Wildman–Crippen LogP) is 3.31. The second-order valence-electron chi connectivity index (χ2n) is 5.66. The van der Waals surface area contributed by atoms with Gasteiger partial charge in [-0.25, -0.2) is 9.97 Å². The number of hydrogen-bond acceptors (Lipinski definition) is 4. The maximum Gasteiger partial charge on any atom is 0.270 e. The van der Waals surface area contributed by atoms with Crippen molar-refractivity contribution < 1.29 is 4.79 Å². The molecule has 0 aromatic carbocycles.